The molecule has 20 heavy (non-hydrogen) atoms. The van der Waals surface area contributed by atoms with Crippen molar-refractivity contribution in [3.8, 4) is 0 Å². The first kappa shape index (κ1) is 13.3. The van der Waals surface area contributed by atoms with Gasteiger partial charge in [0.25, 0.3) is 11.8 Å². The zero-order valence-corrected chi connectivity index (χ0v) is 13.0. The Bertz CT molecular complexity index is 708. The van der Waals surface area contributed by atoms with Gasteiger partial charge >= 0.3 is 0 Å². The Morgan fingerprint density at radius 1 is 1.25 bits per heavy atom. The van der Waals surface area contributed by atoms with Gasteiger partial charge in [-0.05, 0) is 46.7 Å². The summed E-state index contributed by atoms with van der Waals surface area (Å²) in [4.78, 5) is 25.9. The molecule has 3 rings (SSSR count). The normalized spacial score (nSPS) is 14.0. The van der Waals surface area contributed by atoms with Crippen molar-refractivity contribution in [2.45, 2.75) is 6.42 Å². The van der Waals surface area contributed by atoms with Crippen molar-refractivity contribution in [2.75, 3.05) is 6.54 Å². The SMILES string of the molecule is Cn1cc(CCN2C(=O)c3cccc(I)c3C2=O)cn1. The van der Waals surface area contributed by atoms with E-state index in [1.54, 1.807) is 23.0 Å². The number of halogens is 1. The van der Waals surface area contributed by atoms with Crippen molar-refractivity contribution in [1.82, 2.24) is 14.7 Å². The Morgan fingerprint density at radius 3 is 2.70 bits per heavy atom. The number of rotatable bonds is 3. The predicted molar refractivity (Wildman–Crippen MR) is 81.4 cm³/mol. The minimum Gasteiger partial charge on any atom is -0.276 e. The van der Waals surface area contributed by atoms with Crippen LogP contribution < -0.4 is 0 Å². The standard InChI is InChI=1S/C14H12IN3O2/c1-17-8-9(7-16-17)5-6-18-13(19)10-3-2-4-11(15)12(10)14(18)20/h2-4,7-8H,5-6H2,1H3. The molecule has 0 bridgehead atoms. The first-order valence-electron chi connectivity index (χ1n) is 6.20. The third-order valence-corrected chi connectivity index (χ3v) is 4.23. The fourth-order valence-corrected chi connectivity index (χ4v) is 3.07. The van der Waals surface area contributed by atoms with E-state index in [1.807, 2.05) is 19.3 Å². The molecule has 0 unspecified atom stereocenters. The molecule has 0 radical (unpaired) electrons. The summed E-state index contributed by atoms with van der Waals surface area (Å²) in [6.07, 6.45) is 4.26. The topological polar surface area (TPSA) is 55.2 Å². The molecule has 2 amide bonds. The van der Waals surface area contributed by atoms with Crippen LogP contribution in [0.1, 0.15) is 26.3 Å². The highest BCUT2D eigenvalue weighted by Crippen LogP contribution is 2.27. The van der Waals surface area contributed by atoms with Crippen molar-refractivity contribution in [2.24, 2.45) is 7.05 Å². The lowest BCUT2D eigenvalue weighted by molar-refractivity contribution is 0.0656. The highest BCUT2D eigenvalue weighted by Gasteiger charge is 2.36. The molecule has 0 saturated heterocycles. The van der Waals surface area contributed by atoms with Crippen LogP contribution in [0.2, 0.25) is 0 Å². The minimum atomic E-state index is -0.201. The summed E-state index contributed by atoms with van der Waals surface area (Å²) in [7, 11) is 1.84. The second kappa shape index (κ2) is 5.01. The van der Waals surface area contributed by atoms with Gasteiger partial charge in [0.05, 0.1) is 17.3 Å². The van der Waals surface area contributed by atoms with E-state index < -0.39 is 0 Å². The highest BCUT2D eigenvalue weighted by molar-refractivity contribution is 14.1. The van der Waals surface area contributed by atoms with Crippen LogP contribution in [-0.4, -0.2) is 33.0 Å². The van der Waals surface area contributed by atoms with Gasteiger partial charge in [0.1, 0.15) is 0 Å². The number of hydrogen-bond acceptors (Lipinski definition) is 3. The Labute approximate surface area is 129 Å². The molecule has 6 heteroatoms. The van der Waals surface area contributed by atoms with Crippen molar-refractivity contribution in [3.63, 3.8) is 0 Å². The van der Waals surface area contributed by atoms with Gasteiger partial charge < -0.3 is 0 Å². The summed E-state index contributed by atoms with van der Waals surface area (Å²) < 4.78 is 2.53. The van der Waals surface area contributed by atoms with Crippen molar-refractivity contribution >= 4 is 34.4 Å². The van der Waals surface area contributed by atoms with Gasteiger partial charge in [-0.2, -0.15) is 5.10 Å². The molecule has 1 aromatic heterocycles. The van der Waals surface area contributed by atoms with E-state index in [0.717, 1.165) is 9.13 Å². The zero-order chi connectivity index (χ0) is 14.3. The smallest absolute Gasteiger partial charge is 0.262 e. The lowest BCUT2D eigenvalue weighted by atomic mass is 10.1. The lowest BCUT2D eigenvalue weighted by Gasteiger charge is -2.12. The summed E-state index contributed by atoms with van der Waals surface area (Å²) in [5, 5.41) is 4.08. The number of benzene rings is 1. The van der Waals surface area contributed by atoms with Gasteiger partial charge in [0.15, 0.2) is 0 Å². The fraction of sp³-hybridized carbons (Fsp3) is 0.214. The average Bonchev–Trinajstić information content (AvgIpc) is 2.93. The first-order valence-corrected chi connectivity index (χ1v) is 7.28. The van der Waals surface area contributed by atoms with Gasteiger partial charge in [-0.25, -0.2) is 0 Å². The largest absolute Gasteiger partial charge is 0.276 e. The summed E-state index contributed by atoms with van der Waals surface area (Å²) in [5.74, 6) is -0.397. The van der Waals surface area contributed by atoms with Gasteiger partial charge in [-0.3, -0.25) is 19.2 Å². The van der Waals surface area contributed by atoms with E-state index >= 15 is 0 Å². The second-order valence-corrected chi connectivity index (χ2v) is 5.86. The number of hydrogen-bond donors (Lipinski definition) is 0. The van der Waals surface area contributed by atoms with E-state index in [-0.39, 0.29) is 11.8 Å². The molecule has 0 spiro atoms. The minimum absolute atomic E-state index is 0.195. The maximum absolute atomic E-state index is 12.3. The van der Waals surface area contributed by atoms with Gasteiger partial charge in [-0.1, -0.05) is 6.07 Å². The van der Waals surface area contributed by atoms with Crippen LogP contribution in [0, 0.1) is 3.57 Å². The van der Waals surface area contributed by atoms with Crippen LogP contribution in [0.25, 0.3) is 0 Å². The maximum atomic E-state index is 12.3. The van der Waals surface area contributed by atoms with E-state index in [1.165, 1.54) is 4.90 Å². The van der Waals surface area contributed by atoms with E-state index in [0.29, 0.717) is 24.1 Å². The van der Waals surface area contributed by atoms with Crippen LogP contribution in [-0.2, 0) is 13.5 Å². The third-order valence-electron chi connectivity index (χ3n) is 3.33. The molecule has 0 saturated carbocycles. The predicted octanol–water partition coefficient (Wildman–Crippen LogP) is 1.86. The molecular formula is C14H12IN3O2. The lowest BCUT2D eigenvalue weighted by Crippen LogP contribution is -2.31. The van der Waals surface area contributed by atoms with Crippen LogP contribution in [0.15, 0.2) is 30.6 Å². The molecular weight excluding hydrogens is 369 g/mol. The Morgan fingerprint density at radius 2 is 2.05 bits per heavy atom. The zero-order valence-electron chi connectivity index (χ0n) is 10.8. The number of nitrogens with zero attached hydrogens (tertiary/aromatic N) is 3. The quantitative estimate of drug-likeness (QED) is 0.603. The van der Waals surface area contributed by atoms with Crippen LogP contribution in [0.3, 0.4) is 0 Å². The Hall–Kier alpha value is -1.70. The van der Waals surface area contributed by atoms with Crippen LogP contribution in [0.4, 0.5) is 0 Å². The molecule has 0 aliphatic carbocycles. The van der Waals surface area contributed by atoms with Crippen molar-refractivity contribution in [3.05, 3.63) is 50.9 Å². The van der Waals surface area contributed by atoms with Crippen molar-refractivity contribution < 1.29 is 9.59 Å². The van der Waals surface area contributed by atoms with Crippen LogP contribution >= 0.6 is 22.6 Å². The number of aromatic nitrogens is 2. The molecule has 1 aliphatic heterocycles. The summed E-state index contributed by atoms with van der Waals surface area (Å²) in [6.45, 7) is 0.383. The molecule has 5 nitrogen and oxygen atoms in total. The van der Waals surface area contributed by atoms with Crippen LogP contribution in [0.5, 0.6) is 0 Å². The number of imide groups is 1. The number of aryl methyl sites for hydroxylation is 1. The van der Waals surface area contributed by atoms with Crippen molar-refractivity contribution in [1.29, 1.82) is 0 Å². The van der Waals surface area contributed by atoms with Gasteiger partial charge in [-0.15, -0.1) is 0 Å². The molecule has 0 atom stereocenters. The summed E-state index contributed by atoms with van der Waals surface area (Å²) in [6, 6.07) is 5.35. The third kappa shape index (κ3) is 2.13. The summed E-state index contributed by atoms with van der Waals surface area (Å²) >= 11 is 2.09. The molecule has 1 aromatic carbocycles. The molecule has 102 valence electrons. The average molecular weight is 381 g/mol. The summed E-state index contributed by atoms with van der Waals surface area (Å²) in [5.41, 5.74) is 2.05. The van der Waals surface area contributed by atoms with E-state index in [2.05, 4.69) is 27.7 Å². The molecule has 1 aliphatic rings. The molecule has 2 heterocycles. The van der Waals surface area contributed by atoms with Gasteiger partial charge in [0, 0.05) is 23.4 Å². The van der Waals surface area contributed by atoms with E-state index in [9.17, 15) is 9.59 Å². The number of carbonyl (C=O) groups is 2. The first-order chi connectivity index (χ1) is 9.58. The fourth-order valence-electron chi connectivity index (χ4n) is 2.34. The number of fused-ring (bicyclic) bond motifs is 1. The number of amides is 2. The molecule has 2 aromatic rings. The molecule has 0 N–H and O–H groups in total. The number of carbonyl (C=O) groups excluding carboxylic acids is 2. The van der Waals surface area contributed by atoms with Gasteiger partial charge in [0.2, 0.25) is 0 Å². The Kier molecular flexibility index (Phi) is 3.33. The Balaban J connectivity index is 1.81. The second-order valence-electron chi connectivity index (χ2n) is 4.70. The maximum Gasteiger partial charge on any atom is 0.262 e. The molecule has 0 fully saturated rings. The van der Waals surface area contributed by atoms with E-state index in [4.69, 9.17) is 0 Å². The monoisotopic (exact) mass is 381 g/mol. The highest BCUT2D eigenvalue weighted by atomic mass is 127.